The van der Waals surface area contributed by atoms with Gasteiger partial charge < -0.3 is 24.6 Å². The fraction of sp³-hybridized carbons (Fsp3) is 0.417. The molecule has 168 valence electrons. The van der Waals surface area contributed by atoms with Crippen molar-refractivity contribution < 1.29 is 18.7 Å². The molecule has 8 heteroatoms. The minimum Gasteiger partial charge on any atom is -0.483 e. The molecule has 3 aliphatic rings. The zero-order valence-electron chi connectivity index (χ0n) is 18.0. The first-order valence-electron chi connectivity index (χ1n) is 11.1. The second kappa shape index (κ2) is 8.78. The number of rotatable bonds is 3. The Morgan fingerprint density at radius 3 is 2.75 bits per heavy atom. The highest BCUT2D eigenvalue weighted by Gasteiger charge is 2.27. The van der Waals surface area contributed by atoms with Crippen LogP contribution in [-0.2, 0) is 16.1 Å². The Morgan fingerprint density at radius 2 is 2.00 bits per heavy atom. The Bertz CT molecular complexity index is 1030. The van der Waals surface area contributed by atoms with Crippen molar-refractivity contribution in [1.82, 2.24) is 9.88 Å². The number of carbonyl (C=O) groups is 1. The van der Waals surface area contributed by atoms with Crippen LogP contribution in [0.4, 0.5) is 21.6 Å². The van der Waals surface area contributed by atoms with Gasteiger partial charge in [0.2, 0.25) is 5.91 Å². The zero-order chi connectivity index (χ0) is 22.1. The molecule has 0 spiro atoms. The molecule has 0 radical (unpaired) electrons. The average Bonchev–Trinajstić information content (AvgIpc) is 3.03. The molecule has 0 unspecified atom stereocenters. The van der Waals surface area contributed by atoms with Gasteiger partial charge in [-0.2, -0.15) is 0 Å². The SMILES string of the molecule is C=CC(=O)N1CCC(c2cc(F)c3c(c2)Nc2nccc(N4CCOCC4)c2CO3)CC1. The highest BCUT2D eigenvalue weighted by Crippen LogP contribution is 2.41. The molecular formula is C24H27FN4O3. The van der Waals surface area contributed by atoms with Crippen molar-refractivity contribution in [2.24, 2.45) is 0 Å². The van der Waals surface area contributed by atoms with Crippen LogP contribution in [0.5, 0.6) is 5.75 Å². The van der Waals surface area contributed by atoms with E-state index in [1.807, 2.05) is 12.1 Å². The predicted molar refractivity (Wildman–Crippen MR) is 120 cm³/mol. The van der Waals surface area contributed by atoms with Crippen molar-refractivity contribution in [2.45, 2.75) is 25.4 Å². The van der Waals surface area contributed by atoms with E-state index in [0.717, 1.165) is 42.7 Å². The number of hydrogen-bond acceptors (Lipinski definition) is 6. The van der Waals surface area contributed by atoms with Crippen molar-refractivity contribution in [1.29, 1.82) is 0 Å². The number of amides is 1. The van der Waals surface area contributed by atoms with E-state index >= 15 is 4.39 Å². The van der Waals surface area contributed by atoms with Gasteiger partial charge >= 0.3 is 0 Å². The Hall–Kier alpha value is -3.13. The first kappa shape index (κ1) is 20.8. The third kappa shape index (κ3) is 3.90. The van der Waals surface area contributed by atoms with Gasteiger partial charge in [0.25, 0.3) is 0 Å². The van der Waals surface area contributed by atoms with Crippen LogP contribution in [0.25, 0.3) is 0 Å². The topological polar surface area (TPSA) is 66.9 Å². The van der Waals surface area contributed by atoms with Crippen LogP contribution in [0, 0.1) is 5.82 Å². The lowest BCUT2D eigenvalue weighted by molar-refractivity contribution is -0.127. The molecule has 1 aromatic heterocycles. The second-order valence-electron chi connectivity index (χ2n) is 8.35. The Balaban J connectivity index is 1.40. The summed E-state index contributed by atoms with van der Waals surface area (Å²) in [6.45, 7) is 8.05. The number of ether oxygens (including phenoxy) is 2. The quantitative estimate of drug-likeness (QED) is 0.739. The van der Waals surface area contributed by atoms with Gasteiger partial charge in [0.05, 0.1) is 24.5 Å². The number of aromatic nitrogens is 1. The highest BCUT2D eigenvalue weighted by molar-refractivity contribution is 5.87. The van der Waals surface area contributed by atoms with Crippen molar-refractivity contribution in [3.8, 4) is 5.75 Å². The molecule has 3 aliphatic heterocycles. The van der Waals surface area contributed by atoms with E-state index in [2.05, 4.69) is 21.8 Å². The van der Waals surface area contributed by atoms with Gasteiger partial charge in [0, 0.05) is 38.1 Å². The number of benzene rings is 1. The third-order valence-corrected chi connectivity index (χ3v) is 6.52. The molecule has 7 nitrogen and oxygen atoms in total. The van der Waals surface area contributed by atoms with Crippen LogP contribution in [0.3, 0.4) is 0 Å². The Kier molecular flexibility index (Phi) is 5.70. The van der Waals surface area contributed by atoms with Crippen LogP contribution < -0.4 is 15.0 Å². The van der Waals surface area contributed by atoms with E-state index in [0.29, 0.717) is 37.8 Å². The van der Waals surface area contributed by atoms with Gasteiger partial charge in [0.1, 0.15) is 12.4 Å². The first-order chi connectivity index (χ1) is 15.6. The molecule has 2 saturated heterocycles. The Morgan fingerprint density at radius 1 is 1.22 bits per heavy atom. The summed E-state index contributed by atoms with van der Waals surface area (Å²) in [5.41, 5.74) is 3.46. The molecule has 32 heavy (non-hydrogen) atoms. The van der Waals surface area contributed by atoms with Gasteiger partial charge in [-0.15, -0.1) is 0 Å². The molecule has 2 aromatic rings. The van der Waals surface area contributed by atoms with Crippen molar-refractivity contribution >= 4 is 23.1 Å². The fourth-order valence-electron chi connectivity index (χ4n) is 4.76. The standard InChI is InChI=1S/C24H27FN4O3/c1-2-22(30)29-7-4-16(5-8-29)17-13-19(25)23-20(14-17)27-24-18(15-32-23)21(3-6-26-24)28-9-11-31-12-10-28/h2-3,6,13-14,16H,1,4-5,7-12,15H2,(H,26,27). The number of nitrogens with one attached hydrogen (secondary N) is 1. The van der Waals surface area contributed by atoms with Crippen molar-refractivity contribution in [2.75, 3.05) is 49.6 Å². The summed E-state index contributed by atoms with van der Waals surface area (Å²) < 4.78 is 26.5. The predicted octanol–water partition coefficient (Wildman–Crippen LogP) is 3.59. The van der Waals surface area contributed by atoms with Crippen molar-refractivity contribution in [3.05, 3.63) is 54.0 Å². The largest absolute Gasteiger partial charge is 0.483 e. The number of carbonyl (C=O) groups excluding carboxylic acids is 1. The van der Waals surface area contributed by atoms with Crippen LogP contribution in [0.15, 0.2) is 37.1 Å². The Labute approximate surface area is 186 Å². The molecule has 0 atom stereocenters. The number of halogens is 1. The number of hydrogen-bond donors (Lipinski definition) is 1. The summed E-state index contributed by atoms with van der Waals surface area (Å²) in [5.74, 6) is 0.663. The summed E-state index contributed by atoms with van der Waals surface area (Å²) in [6.07, 6.45) is 4.69. The molecule has 5 rings (SSSR count). The van der Waals surface area contributed by atoms with E-state index in [4.69, 9.17) is 9.47 Å². The normalized spacial score (nSPS) is 18.7. The van der Waals surface area contributed by atoms with E-state index in [1.54, 1.807) is 17.2 Å². The maximum atomic E-state index is 15.1. The molecule has 0 bridgehead atoms. The molecule has 1 N–H and O–H groups in total. The van der Waals surface area contributed by atoms with Crippen molar-refractivity contribution in [3.63, 3.8) is 0 Å². The molecule has 2 fully saturated rings. The van der Waals surface area contributed by atoms with Crippen LogP contribution >= 0.6 is 0 Å². The number of pyridine rings is 1. The van der Waals surface area contributed by atoms with Gasteiger partial charge in [-0.3, -0.25) is 4.79 Å². The number of fused-ring (bicyclic) bond motifs is 2. The van der Waals surface area contributed by atoms with Crippen LogP contribution in [0.1, 0.15) is 29.9 Å². The van der Waals surface area contributed by atoms with Crippen LogP contribution in [-0.4, -0.2) is 55.2 Å². The summed E-state index contributed by atoms with van der Waals surface area (Å²) in [4.78, 5) is 20.4. The smallest absolute Gasteiger partial charge is 0.245 e. The number of piperidine rings is 1. The molecule has 4 heterocycles. The van der Waals surface area contributed by atoms with Crippen LogP contribution in [0.2, 0.25) is 0 Å². The summed E-state index contributed by atoms with van der Waals surface area (Å²) >= 11 is 0. The number of morpholine rings is 1. The molecule has 0 saturated carbocycles. The molecule has 1 aromatic carbocycles. The van der Waals surface area contributed by atoms with E-state index in [1.165, 1.54) is 6.08 Å². The molecular weight excluding hydrogens is 411 g/mol. The van der Waals surface area contributed by atoms with Gasteiger partial charge in [-0.05, 0) is 48.6 Å². The van der Waals surface area contributed by atoms with E-state index < -0.39 is 0 Å². The zero-order valence-corrected chi connectivity index (χ0v) is 18.0. The number of nitrogens with zero attached hydrogens (tertiary/aromatic N) is 3. The fourth-order valence-corrected chi connectivity index (χ4v) is 4.76. The van der Waals surface area contributed by atoms with Gasteiger partial charge in [0.15, 0.2) is 11.6 Å². The third-order valence-electron chi connectivity index (χ3n) is 6.52. The summed E-state index contributed by atoms with van der Waals surface area (Å²) in [7, 11) is 0. The van der Waals surface area contributed by atoms with E-state index in [-0.39, 0.29) is 30.0 Å². The maximum absolute atomic E-state index is 15.1. The monoisotopic (exact) mass is 438 g/mol. The minimum absolute atomic E-state index is 0.0506. The summed E-state index contributed by atoms with van der Waals surface area (Å²) in [5, 5.41) is 3.33. The highest BCUT2D eigenvalue weighted by atomic mass is 19.1. The lowest BCUT2D eigenvalue weighted by Crippen LogP contribution is -2.37. The summed E-state index contributed by atoms with van der Waals surface area (Å²) in [6, 6.07) is 5.51. The number of likely N-dealkylation sites (tertiary alicyclic amines) is 1. The number of anilines is 3. The van der Waals surface area contributed by atoms with Gasteiger partial charge in [-0.25, -0.2) is 9.37 Å². The van der Waals surface area contributed by atoms with E-state index in [9.17, 15) is 4.79 Å². The minimum atomic E-state index is -0.379. The maximum Gasteiger partial charge on any atom is 0.245 e. The average molecular weight is 439 g/mol. The molecule has 1 amide bonds. The second-order valence-corrected chi connectivity index (χ2v) is 8.35. The first-order valence-corrected chi connectivity index (χ1v) is 11.1. The lowest BCUT2D eigenvalue weighted by atomic mass is 9.89. The lowest BCUT2D eigenvalue weighted by Gasteiger charge is -2.31. The molecule has 0 aliphatic carbocycles. The van der Waals surface area contributed by atoms with Gasteiger partial charge in [-0.1, -0.05) is 6.58 Å².